The van der Waals surface area contributed by atoms with Crippen molar-refractivity contribution in [3.05, 3.63) is 35.9 Å². The van der Waals surface area contributed by atoms with E-state index in [9.17, 15) is 4.79 Å². The van der Waals surface area contributed by atoms with Crippen molar-refractivity contribution < 1.29 is 9.53 Å². The zero-order chi connectivity index (χ0) is 12.4. The molecule has 1 aliphatic heterocycles. The third-order valence-electron chi connectivity index (χ3n) is 4.19. The van der Waals surface area contributed by atoms with Crippen LogP contribution in [0.3, 0.4) is 0 Å². The Morgan fingerprint density at radius 1 is 1.16 bits per heavy atom. The van der Waals surface area contributed by atoms with Gasteiger partial charge in [-0.05, 0) is 30.2 Å². The minimum Gasteiger partial charge on any atom is -0.445 e. The fourth-order valence-corrected chi connectivity index (χ4v) is 3.19. The lowest BCUT2D eigenvalue weighted by molar-refractivity contribution is 0.102. The van der Waals surface area contributed by atoms with Gasteiger partial charge in [-0.3, -0.25) is 0 Å². The minimum atomic E-state index is -0.145. The van der Waals surface area contributed by atoms with E-state index < -0.39 is 0 Å². The summed E-state index contributed by atoms with van der Waals surface area (Å²) >= 11 is 0. The molecule has 2 aliphatic rings. The smallest absolute Gasteiger partial charge is 0.410 e. The van der Waals surface area contributed by atoms with Gasteiger partial charge in [-0.2, -0.15) is 0 Å². The molecule has 2 unspecified atom stereocenters. The molecule has 2 fully saturated rings. The summed E-state index contributed by atoms with van der Waals surface area (Å²) in [5.74, 6) is 1.46. The Balaban J connectivity index is 0.00000133. The molecule has 0 bridgehead atoms. The predicted molar refractivity (Wildman–Crippen MR) is 76.3 cm³/mol. The molecule has 0 radical (unpaired) electrons. The summed E-state index contributed by atoms with van der Waals surface area (Å²) in [5.41, 5.74) is 1.05. The van der Waals surface area contributed by atoms with Gasteiger partial charge in [-0.15, -0.1) is 12.4 Å². The number of fused-ring (bicyclic) bond motifs is 1. The van der Waals surface area contributed by atoms with Crippen molar-refractivity contribution in [1.82, 2.24) is 4.90 Å². The van der Waals surface area contributed by atoms with Gasteiger partial charge in [0.25, 0.3) is 0 Å². The van der Waals surface area contributed by atoms with E-state index in [2.05, 4.69) is 0 Å². The van der Waals surface area contributed by atoms with Gasteiger partial charge in [0.1, 0.15) is 6.61 Å². The molecule has 3 rings (SSSR count). The van der Waals surface area contributed by atoms with Crippen molar-refractivity contribution in [2.45, 2.75) is 25.9 Å². The second-order valence-electron chi connectivity index (χ2n) is 5.40. The van der Waals surface area contributed by atoms with Crippen molar-refractivity contribution in [1.29, 1.82) is 0 Å². The van der Waals surface area contributed by atoms with Gasteiger partial charge in [-0.1, -0.05) is 36.8 Å². The number of rotatable bonds is 2. The van der Waals surface area contributed by atoms with Gasteiger partial charge in [-0.25, -0.2) is 4.79 Å². The number of carbonyl (C=O) groups is 1. The van der Waals surface area contributed by atoms with Crippen LogP contribution in [0.25, 0.3) is 0 Å². The Labute approximate surface area is 120 Å². The number of carbonyl (C=O) groups excluding carboxylic acids is 1. The Morgan fingerprint density at radius 3 is 2.42 bits per heavy atom. The number of ether oxygens (including phenoxy) is 1. The number of hydrogen-bond donors (Lipinski definition) is 0. The highest BCUT2D eigenvalue weighted by Crippen LogP contribution is 2.37. The van der Waals surface area contributed by atoms with E-state index in [0.717, 1.165) is 30.5 Å². The number of hydrogen-bond acceptors (Lipinski definition) is 2. The second-order valence-corrected chi connectivity index (χ2v) is 5.40. The largest absolute Gasteiger partial charge is 0.445 e. The topological polar surface area (TPSA) is 29.5 Å². The van der Waals surface area contributed by atoms with E-state index in [1.807, 2.05) is 35.2 Å². The number of benzene rings is 1. The van der Waals surface area contributed by atoms with Crippen LogP contribution in [-0.4, -0.2) is 24.1 Å². The number of likely N-dealkylation sites (tertiary alicyclic amines) is 1. The van der Waals surface area contributed by atoms with Gasteiger partial charge in [0, 0.05) is 13.1 Å². The van der Waals surface area contributed by atoms with Crippen LogP contribution in [0.1, 0.15) is 24.8 Å². The lowest BCUT2D eigenvalue weighted by Crippen LogP contribution is -2.30. The summed E-state index contributed by atoms with van der Waals surface area (Å²) in [6, 6.07) is 9.85. The van der Waals surface area contributed by atoms with E-state index in [1.165, 1.54) is 19.3 Å². The predicted octanol–water partition coefficient (Wildman–Crippen LogP) is 3.48. The zero-order valence-corrected chi connectivity index (χ0v) is 11.8. The molecule has 1 heterocycles. The summed E-state index contributed by atoms with van der Waals surface area (Å²) in [4.78, 5) is 13.8. The molecule has 104 valence electrons. The Hall–Kier alpha value is -1.22. The Morgan fingerprint density at radius 2 is 1.79 bits per heavy atom. The van der Waals surface area contributed by atoms with E-state index >= 15 is 0 Å². The van der Waals surface area contributed by atoms with E-state index in [4.69, 9.17) is 4.74 Å². The normalized spacial score (nSPS) is 24.7. The Kier molecular flexibility index (Phi) is 4.70. The van der Waals surface area contributed by atoms with Crippen molar-refractivity contribution >= 4 is 18.5 Å². The zero-order valence-electron chi connectivity index (χ0n) is 11.0. The van der Waals surface area contributed by atoms with Crippen LogP contribution in [-0.2, 0) is 11.3 Å². The van der Waals surface area contributed by atoms with Gasteiger partial charge in [0.05, 0.1) is 0 Å². The van der Waals surface area contributed by atoms with E-state index in [0.29, 0.717) is 6.61 Å². The molecule has 1 aromatic rings. The van der Waals surface area contributed by atoms with Crippen LogP contribution in [0.15, 0.2) is 30.3 Å². The van der Waals surface area contributed by atoms with Crippen molar-refractivity contribution in [3.8, 4) is 0 Å². The molecule has 1 aliphatic carbocycles. The highest BCUT2D eigenvalue weighted by atomic mass is 35.5. The molecule has 0 spiro atoms. The molecular weight excluding hydrogens is 262 g/mol. The fourth-order valence-electron chi connectivity index (χ4n) is 3.19. The molecule has 0 aromatic heterocycles. The standard InChI is InChI=1S/C15H19NO2.ClH/c17-15(18-11-12-5-2-1-3-6-12)16-9-13-7-4-8-14(13)10-16;/h1-3,5-6,13-14H,4,7-11H2;1H. The monoisotopic (exact) mass is 281 g/mol. The second kappa shape index (κ2) is 6.29. The number of nitrogens with zero attached hydrogens (tertiary/aromatic N) is 1. The SMILES string of the molecule is Cl.O=C(OCc1ccccc1)N1CC2CCCC2C1. The Bertz CT molecular complexity index is 411. The lowest BCUT2D eigenvalue weighted by atomic mass is 10.0. The molecular formula is C15H20ClNO2. The van der Waals surface area contributed by atoms with Gasteiger partial charge in [0.15, 0.2) is 0 Å². The fraction of sp³-hybridized carbons (Fsp3) is 0.533. The van der Waals surface area contributed by atoms with Gasteiger partial charge in [0.2, 0.25) is 0 Å². The van der Waals surface area contributed by atoms with Crippen LogP contribution in [0.5, 0.6) is 0 Å². The quantitative estimate of drug-likeness (QED) is 0.831. The highest BCUT2D eigenvalue weighted by molar-refractivity contribution is 5.85. The first-order valence-electron chi connectivity index (χ1n) is 6.78. The van der Waals surface area contributed by atoms with Crippen molar-refractivity contribution in [3.63, 3.8) is 0 Å². The highest BCUT2D eigenvalue weighted by Gasteiger charge is 2.38. The number of amides is 1. The summed E-state index contributed by atoms with van der Waals surface area (Å²) in [6.07, 6.45) is 3.76. The average molecular weight is 282 g/mol. The van der Waals surface area contributed by atoms with Crippen LogP contribution in [0.4, 0.5) is 4.79 Å². The molecule has 1 saturated carbocycles. The molecule has 1 amide bonds. The van der Waals surface area contributed by atoms with Crippen molar-refractivity contribution in [2.24, 2.45) is 11.8 Å². The number of halogens is 1. The molecule has 1 saturated heterocycles. The molecule has 4 heteroatoms. The molecule has 1 aromatic carbocycles. The third kappa shape index (κ3) is 3.21. The molecule has 2 atom stereocenters. The van der Waals surface area contributed by atoms with Crippen LogP contribution in [0, 0.1) is 11.8 Å². The lowest BCUT2D eigenvalue weighted by Gasteiger charge is -2.17. The first-order valence-corrected chi connectivity index (χ1v) is 6.78. The van der Waals surface area contributed by atoms with E-state index in [1.54, 1.807) is 0 Å². The van der Waals surface area contributed by atoms with Crippen LogP contribution < -0.4 is 0 Å². The maximum atomic E-state index is 12.0. The van der Waals surface area contributed by atoms with Crippen LogP contribution >= 0.6 is 12.4 Å². The summed E-state index contributed by atoms with van der Waals surface area (Å²) in [5, 5.41) is 0. The van der Waals surface area contributed by atoms with Crippen molar-refractivity contribution in [2.75, 3.05) is 13.1 Å². The third-order valence-corrected chi connectivity index (χ3v) is 4.19. The van der Waals surface area contributed by atoms with Gasteiger partial charge < -0.3 is 9.64 Å². The average Bonchev–Trinajstić information content (AvgIpc) is 2.98. The maximum Gasteiger partial charge on any atom is 0.410 e. The summed E-state index contributed by atoms with van der Waals surface area (Å²) in [7, 11) is 0. The van der Waals surface area contributed by atoms with Crippen LogP contribution in [0.2, 0.25) is 0 Å². The summed E-state index contributed by atoms with van der Waals surface area (Å²) in [6.45, 7) is 2.18. The molecule has 19 heavy (non-hydrogen) atoms. The molecule has 3 nitrogen and oxygen atoms in total. The summed E-state index contributed by atoms with van der Waals surface area (Å²) < 4.78 is 5.36. The first-order chi connectivity index (χ1) is 8.83. The maximum absolute atomic E-state index is 12.0. The minimum absolute atomic E-state index is 0. The first kappa shape index (κ1) is 14.2. The van der Waals surface area contributed by atoms with E-state index in [-0.39, 0.29) is 18.5 Å². The molecule has 0 N–H and O–H groups in total. The van der Waals surface area contributed by atoms with Gasteiger partial charge >= 0.3 is 6.09 Å².